The number of halogens is 4. The van der Waals surface area contributed by atoms with E-state index in [2.05, 4.69) is 0 Å². The third-order valence-electron chi connectivity index (χ3n) is 1.45. The molecule has 0 nitrogen and oxygen atoms in total. The maximum absolute atomic E-state index is 5.75. The summed E-state index contributed by atoms with van der Waals surface area (Å²) in [5.74, 6) is -0.0278. The minimum absolute atomic E-state index is 0.0278. The first-order valence-corrected chi connectivity index (χ1v) is 4.46. The average Bonchev–Trinajstić information content (AvgIpc) is 2.11. The summed E-state index contributed by atoms with van der Waals surface area (Å²) in [6.07, 6.45) is 4.43. The van der Waals surface area contributed by atoms with Gasteiger partial charge in [0.15, 0.2) is 3.79 Å². The minimum Gasteiger partial charge on any atom is -0.118 e. The molecule has 1 rings (SSSR count). The number of alkyl halides is 4. The normalized spacial score (nSPS) is 33.2. The second-order valence-electron chi connectivity index (χ2n) is 2.28. The molecule has 0 aromatic carbocycles. The summed E-state index contributed by atoms with van der Waals surface area (Å²) in [5, 5.41) is 0.0284. The van der Waals surface area contributed by atoms with E-state index in [1.54, 1.807) is 0 Å². The minimum atomic E-state index is -1.19. The number of hydrogen-bond donors (Lipinski definition) is 0. The molecule has 0 saturated carbocycles. The van der Waals surface area contributed by atoms with E-state index in [0.29, 0.717) is 0 Å². The second kappa shape index (κ2) is 3.10. The second-order valence-corrected chi connectivity index (χ2v) is 5.21. The molecule has 1 aliphatic carbocycles. The molecule has 0 bridgehead atoms. The summed E-state index contributed by atoms with van der Waals surface area (Å²) in [6, 6.07) is 0. The van der Waals surface area contributed by atoms with Gasteiger partial charge in [-0.25, -0.2) is 0 Å². The van der Waals surface area contributed by atoms with Crippen LogP contribution in [0.4, 0.5) is 0 Å². The van der Waals surface area contributed by atoms with Crippen LogP contribution in [0.25, 0.3) is 0 Å². The zero-order valence-electron chi connectivity index (χ0n) is 5.03. The fourth-order valence-electron chi connectivity index (χ4n) is 0.897. The monoisotopic (exact) mass is 218 g/mol. The molecule has 0 amide bonds. The van der Waals surface area contributed by atoms with Crippen molar-refractivity contribution in [3.05, 3.63) is 12.2 Å². The Kier molecular flexibility index (Phi) is 2.79. The Balaban J connectivity index is 2.55. The van der Waals surface area contributed by atoms with E-state index in [4.69, 9.17) is 46.4 Å². The topological polar surface area (TPSA) is 0 Å². The predicted molar refractivity (Wildman–Crippen MR) is 47.2 cm³/mol. The van der Waals surface area contributed by atoms with Crippen LogP contribution in [0.15, 0.2) is 12.2 Å². The fourth-order valence-corrected chi connectivity index (χ4v) is 1.66. The van der Waals surface area contributed by atoms with Gasteiger partial charge in [0, 0.05) is 5.92 Å². The van der Waals surface area contributed by atoms with Crippen molar-refractivity contribution < 1.29 is 0 Å². The SMILES string of the molecule is ClC1C=CC(C(Cl)(Cl)Cl)C1. The van der Waals surface area contributed by atoms with E-state index >= 15 is 0 Å². The average molecular weight is 220 g/mol. The summed E-state index contributed by atoms with van der Waals surface area (Å²) in [5.41, 5.74) is 0. The van der Waals surface area contributed by atoms with Crippen molar-refractivity contribution in [2.75, 3.05) is 0 Å². The molecular formula is C6H6Cl4. The third-order valence-corrected chi connectivity index (χ3v) is 2.62. The molecule has 0 fully saturated rings. The molecule has 0 radical (unpaired) electrons. The molecule has 2 unspecified atom stereocenters. The molecule has 10 heavy (non-hydrogen) atoms. The van der Waals surface area contributed by atoms with Gasteiger partial charge in [-0.1, -0.05) is 47.0 Å². The molecule has 0 N–H and O–H groups in total. The van der Waals surface area contributed by atoms with Crippen LogP contribution in [-0.4, -0.2) is 9.17 Å². The van der Waals surface area contributed by atoms with Gasteiger partial charge in [-0.05, 0) is 6.42 Å². The van der Waals surface area contributed by atoms with Crippen molar-refractivity contribution in [1.29, 1.82) is 0 Å². The number of rotatable bonds is 0. The van der Waals surface area contributed by atoms with Gasteiger partial charge in [-0.2, -0.15) is 0 Å². The van der Waals surface area contributed by atoms with E-state index in [-0.39, 0.29) is 11.3 Å². The van der Waals surface area contributed by atoms with Gasteiger partial charge >= 0.3 is 0 Å². The highest BCUT2D eigenvalue weighted by molar-refractivity contribution is 6.67. The molecule has 4 heteroatoms. The largest absolute Gasteiger partial charge is 0.196 e. The summed E-state index contributed by atoms with van der Waals surface area (Å²) in [4.78, 5) is 0. The molecule has 1 aliphatic rings. The Labute approximate surface area is 80.1 Å². The molecule has 0 aliphatic heterocycles. The van der Waals surface area contributed by atoms with Crippen molar-refractivity contribution in [3.63, 3.8) is 0 Å². The third kappa shape index (κ3) is 2.20. The van der Waals surface area contributed by atoms with Gasteiger partial charge in [0.05, 0.1) is 5.38 Å². The highest BCUT2D eigenvalue weighted by atomic mass is 35.6. The maximum atomic E-state index is 5.75. The maximum Gasteiger partial charge on any atom is 0.196 e. The standard InChI is InChI=1S/C6H6Cl4/c7-5-2-1-4(3-5)6(8,9)10/h1-2,4-5H,3H2. The van der Waals surface area contributed by atoms with E-state index in [0.717, 1.165) is 6.42 Å². The smallest absolute Gasteiger partial charge is 0.118 e. The lowest BCUT2D eigenvalue weighted by Crippen LogP contribution is -2.15. The van der Waals surface area contributed by atoms with Crippen LogP contribution in [0.2, 0.25) is 0 Å². The van der Waals surface area contributed by atoms with Crippen molar-refractivity contribution in [2.24, 2.45) is 5.92 Å². The Morgan fingerprint density at radius 2 is 1.80 bits per heavy atom. The summed E-state index contributed by atoms with van der Waals surface area (Å²) in [7, 11) is 0. The van der Waals surface area contributed by atoms with Gasteiger partial charge in [-0.3, -0.25) is 0 Å². The predicted octanol–water partition coefficient (Wildman–Crippen LogP) is 3.54. The van der Waals surface area contributed by atoms with Gasteiger partial charge in [0.2, 0.25) is 0 Å². The first-order chi connectivity index (χ1) is 4.50. The zero-order chi connectivity index (χ0) is 7.78. The number of allylic oxidation sites excluding steroid dienone is 2. The Bertz CT molecular complexity index is 146. The van der Waals surface area contributed by atoms with Gasteiger partial charge < -0.3 is 0 Å². The van der Waals surface area contributed by atoms with Crippen molar-refractivity contribution in [3.8, 4) is 0 Å². The quantitative estimate of drug-likeness (QED) is 0.432. The Hall–Kier alpha value is 0.900. The Morgan fingerprint density at radius 3 is 2.00 bits per heavy atom. The van der Waals surface area contributed by atoms with Crippen LogP contribution in [0.1, 0.15) is 6.42 Å². The highest BCUT2D eigenvalue weighted by Gasteiger charge is 2.34. The van der Waals surface area contributed by atoms with Crippen LogP contribution >= 0.6 is 46.4 Å². The van der Waals surface area contributed by atoms with E-state index in [1.807, 2.05) is 12.2 Å². The van der Waals surface area contributed by atoms with Crippen LogP contribution in [-0.2, 0) is 0 Å². The zero-order valence-corrected chi connectivity index (χ0v) is 8.05. The summed E-state index contributed by atoms with van der Waals surface area (Å²) < 4.78 is -1.19. The van der Waals surface area contributed by atoms with Crippen molar-refractivity contribution >= 4 is 46.4 Å². The van der Waals surface area contributed by atoms with Gasteiger partial charge in [-0.15, -0.1) is 11.6 Å². The van der Waals surface area contributed by atoms with Crippen LogP contribution in [0.5, 0.6) is 0 Å². The van der Waals surface area contributed by atoms with Crippen molar-refractivity contribution in [2.45, 2.75) is 15.6 Å². The summed E-state index contributed by atoms with van der Waals surface area (Å²) in [6.45, 7) is 0. The lowest BCUT2D eigenvalue weighted by atomic mass is 10.1. The molecule has 58 valence electrons. The molecular weight excluding hydrogens is 214 g/mol. The highest BCUT2D eigenvalue weighted by Crippen LogP contribution is 2.41. The molecule has 0 saturated heterocycles. The number of hydrogen-bond acceptors (Lipinski definition) is 0. The lowest BCUT2D eigenvalue weighted by molar-refractivity contribution is 0.652. The first kappa shape index (κ1) is 8.99. The van der Waals surface area contributed by atoms with E-state index in [9.17, 15) is 0 Å². The van der Waals surface area contributed by atoms with Crippen LogP contribution in [0, 0.1) is 5.92 Å². The molecule has 0 aromatic rings. The fraction of sp³-hybridized carbons (Fsp3) is 0.667. The molecule has 0 spiro atoms. The van der Waals surface area contributed by atoms with Crippen LogP contribution in [0.3, 0.4) is 0 Å². The molecule has 0 aromatic heterocycles. The van der Waals surface area contributed by atoms with Gasteiger partial charge in [0.1, 0.15) is 0 Å². The van der Waals surface area contributed by atoms with E-state index < -0.39 is 3.79 Å². The van der Waals surface area contributed by atoms with Gasteiger partial charge in [0.25, 0.3) is 0 Å². The van der Waals surface area contributed by atoms with Crippen LogP contribution < -0.4 is 0 Å². The first-order valence-electron chi connectivity index (χ1n) is 2.89. The lowest BCUT2D eigenvalue weighted by Gasteiger charge is -2.17. The molecule has 0 heterocycles. The van der Waals surface area contributed by atoms with Crippen molar-refractivity contribution in [1.82, 2.24) is 0 Å². The summed E-state index contributed by atoms with van der Waals surface area (Å²) >= 11 is 22.6. The Morgan fingerprint density at radius 1 is 1.20 bits per heavy atom. The van der Waals surface area contributed by atoms with E-state index in [1.165, 1.54) is 0 Å². The molecule has 2 atom stereocenters.